The van der Waals surface area contributed by atoms with Crippen molar-refractivity contribution in [3.63, 3.8) is 0 Å². The number of methoxy groups -OCH3 is 2. The second-order valence-electron chi connectivity index (χ2n) is 4.86. The van der Waals surface area contributed by atoms with Crippen molar-refractivity contribution in [1.82, 2.24) is 4.98 Å². The van der Waals surface area contributed by atoms with Crippen LogP contribution in [0.1, 0.15) is 0 Å². The van der Waals surface area contributed by atoms with Crippen molar-refractivity contribution in [3.8, 4) is 22.8 Å². The predicted octanol–water partition coefficient (Wildman–Crippen LogP) is 2.79. The van der Waals surface area contributed by atoms with Crippen LogP contribution in [-0.4, -0.2) is 19.2 Å². The molecule has 1 aromatic heterocycles. The van der Waals surface area contributed by atoms with E-state index in [9.17, 15) is 4.79 Å². The lowest BCUT2D eigenvalue weighted by Gasteiger charge is -2.12. The number of anilines is 1. The van der Waals surface area contributed by atoms with E-state index in [2.05, 4.69) is 4.98 Å². The number of H-pyrrole nitrogens is 1. The number of nitrogens with two attached hydrogens (primary N) is 1. The highest BCUT2D eigenvalue weighted by atomic mass is 16.5. The van der Waals surface area contributed by atoms with Gasteiger partial charge in [0.05, 0.1) is 30.8 Å². The summed E-state index contributed by atoms with van der Waals surface area (Å²) in [5.41, 5.74) is 8.09. The van der Waals surface area contributed by atoms with Crippen LogP contribution < -0.4 is 20.6 Å². The van der Waals surface area contributed by atoms with Gasteiger partial charge >= 0.3 is 0 Å². The summed E-state index contributed by atoms with van der Waals surface area (Å²) in [6, 6.07) is 12.9. The third-order valence-electron chi connectivity index (χ3n) is 3.60. The Kier molecular flexibility index (Phi) is 3.47. The molecule has 0 spiro atoms. The van der Waals surface area contributed by atoms with Gasteiger partial charge in [-0.2, -0.15) is 0 Å². The highest BCUT2D eigenvalue weighted by molar-refractivity contribution is 5.90. The lowest BCUT2D eigenvalue weighted by atomic mass is 10.1. The number of nitrogens with one attached hydrogen (secondary N) is 1. The molecule has 0 aliphatic heterocycles. The van der Waals surface area contributed by atoms with Gasteiger partial charge < -0.3 is 20.2 Å². The normalized spacial score (nSPS) is 10.6. The molecule has 0 saturated carbocycles. The summed E-state index contributed by atoms with van der Waals surface area (Å²) in [5.74, 6) is 1.04. The fourth-order valence-electron chi connectivity index (χ4n) is 2.46. The number of hydrogen-bond donors (Lipinski definition) is 2. The zero-order chi connectivity index (χ0) is 15.7. The van der Waals surface area contributed by atoms with Crippen LogP contribution in [-0.2, 0) is 0 Å². The maximum Gasteiger partial charge on any atom is 0.213 e. The van der Waals surface area contributed by atoms with E-state index in [0.717, 1.165) is 5.56 Å². The van der Waals surface area contributed by atoms with Crippen LogP contribution in [0.2, 0.25) is 0 Å². The summed E-state index contributed by atoms with van der Waals surface area (Å²) < 4.78 is 10.5. The Hall–Kier alpha value is -2.95. The average molecular weight is 296 g/mol. The molecule has 0 unspecified atom stereocenters. The molecule has 1 heterocycles. The minimum Gasteiger partial charge on any atom is -0.493 e. The van der Waals surface area contributed by atoms with Crippen molar-refractivity contribution >= 4 is 16.6 Å². The summed E-state index contributed by atoms with van der Waals surface area (Å²) >= 11 is 0. The summed E-state index contributed by atoms with van der Waals surface area (Å²) in [5, 5.41) is 0.467. The Morgan fingerprint density at radius 2 is 1.64 bits per heavy atom. The van der Waals surface area contributed by atoms with E-state index in [-0.39, 0.29) is 11.1 Å². The molecule has 2 aromatic carbocycles. The lowest BCUT2D eigenvalue weighted by Crippen LogP contribution is -2.12. The second kappa shape index (κ2) is 5.44. The van der Waals surface area contributed by atoms with Crippen LogP contribution in [0.5, 0.6) is 11.5 Å². The van der Waals surface area contributed by atoms with Crippen LogP contribution in [0.3, 0.4) is 0 Å². The van der Waals surface area contributed by atoms with Crippen LogP contribution in [0, 0.1) is 0 Å². The van der Waals surface area contributed by atoms with Crippen molar-refractivity contribution in [2.24, 2.45) is 0 Å². The Morgan fingerprint density at radius 3 is 2.27 bits per heavy atom. The molecule has 0 bridgehead atoms. The van der Waals surface area contributed by atoms with E-state index in [1.807, 2.05) is 30.3 Å². The molecule has 3 rings (SSSR count). The van der Waals surface area contributed by atoms with Gasteiger partial charge in [0.15, 0.2) is 11.5 Å². The number of pyridine rings is 1. The van der Waals surface area contributed by atoms with Crippen molar-refractivity contribution < 1.29 is 9.47 Å². The smallest absolute Gasteiger partial charge is 0.213 e. The Balaban J connectivity index is 2.34. The van der Waals surface area contributed by atoms with Crippen molar-refractivity contribution in [2.45, 2.75) is 0 Å². The fraction of sp³-hybridized carbons (Fsp3) is 0.118. The Bertz CT molecular complexity index is 886. The van der Waals surface area contributed by atoms with Crippen LogP contribution in [0.15, 0.2) is 47.3 Å². The third kappa shape index (κ3) is 2.16. The predicted molar refractivity (Wildman–Crippen MR) is 87.5 cm³/mol. The van der Waals surface area contributed by atoms with Gasteiger partial charge in [0.1, 0.15) is 5.69 Å². The van der Waals surface area contributed by atoms with Crippen LogP contribution in [0.4, 0.5) is 5.69 Å². The second-order valence-corrected chi connectivity index (χ2v) is 4.86. The molecule has 0 aliphatic rings. The summed E-state index contributed by atoms with van der Waals surface area (Å²) in [7, 11) is 3.08. The maximum absolute atomic E-state index is 12.5. The number of nitrogen functional groups attached to an aromatic ring is 1. The number of ether oxygens (including phenoxy) is 2. The van der Waals surface area contributed by atoms with Gasteiger partial charge in [0.25, 0.3) is 0 Å². The molecule has 5 heteroatoms. The Labute approximate surface area is 127 Å². The quantitative estimate of drug-likeness (QED) is 0.779. The highest BCUT2D eigenvalue weighted by Gasteiger charge is 2.14. The van der Waals surface area contributed by atoms with E-state index in [0.29, 0.717) is 28.1 Å². The van der Waals surface area contributed by atoms with Gasteiger partial charge in [0, 0.05) is 11.6 Å². The molecule has 5 nitrogen and oxygen atoms in total. The molecule has 3 aromatic rings. The largest absolute Gasteiger partial charge is 0.493 e. The third-order valence-corrected chi connectivity index (χ3v) is 3.60. The van der Waals surface area contributed by atoms with E-state index >= 15 is 0 Å². The molecule has 0 atom stereocenters. The first kappa shape index (κ1) is 14.0. The maximum atomic E-state index is 12.5. The fourth-order valence-corrected chi connectivity index (χ4v) is 2.46. The summed E-state index contributed by atoms with van der Waals surface area (Å²) in [4.78, 5) is 15.8. The molecule has 0 radical (unpaired) electrons. The van der Waals surface area contributed by atoms with Crippen molar-refractivity contribution in [2.75, 3.05) is 20.0 Å². The number of rotatable bonds is 3. The lowest BCUT2D eigenvalue weighted by molar-refractivity contribution is 0.356. The highest BCUT2D eigenvalue weighted by Crippen LogP contribution is 2.32. The van der Waals surface area contributed by atoms with Crippen LogP contribution >= 0.6 is 0 Å². The first-order chi connectivity index (χ1) is 10.7. The minimum atomic E-state index is -0.228. The average Bonchev–Trinajstić information content (AvgIpc) is 2.57. The van der Waals surface area contributed by atoms with Crippen molar-refractivity contribution in [3.05, 3.63) is 52.7 Å². The number of aromatic nitrogens is 1. The number of benzene rings is 2. The van der Waals surface area contributed by atoms with Gasteiger partial charge in [-0.15, -0.1) is 0 Å². The molecule has 3 N–H and O–H groups in total. The van der Waals surface area contributed by atoms with E-state index < -0.39 is 0 Å². The molecular weight excluding hydrogens is 280 g/mol. The van der Waals surface area contributed by atoms with Crippen LogP contribution in [0.25, 0.3) is 22.2 Å². The topological polar surface area (TPSA) is 77.3 Å². The summed E-state index contributed by atoms with van der Waals surface area (Å²) in [6.07, 6.45) is 0. The molecule has 0 aliphatic carbocycles. The minimum absolute atomic E-state index is 0.186. The van der Waals surface area contributed by atoms with E-state index in [1.54, 1.807) is 19.2 Å². The number of fused-ring (bicyclic) bond motifs is 1. The van der Waals surface area contributed by atoms with Gasteiger partial charge in [-0.3, -0.25) is 4.79 Å². The first-order valence-corrected chi connectivity index (χ1v) is 6.78. The first-order valence-electron chi connectivity index (χ1n) is 6.78. The number of aromatic amines is 1. The zero-order valence-corrected chi connectivity index (χ0v) is 12.3. The van der Waals surface area contributed by atoms with Crippen molar-refractivity contribution in [1.29, 1.82) is 0 Å². The molecule has 22 heavy (non-hydrogen) atoms. The molecule has 112 valence electrons. The molecule has 0 amide bonds. The monoisotopic (exact) mass is 296 g/mol. The number of hydrogen-bond acceptors (Lipinski definition) is 4. The molecule has 0 saturated heterocycles. The van der Waals surface area contributed by atoms with E-state index in [1.165, 1.54) is 7.11 Å². The SMILES string of the molecule is COc1cc2[nH]c(-c3ccccc3)c(N)c(=O)c2cc1OC. The Morgan fingerprint density at radius 1 is 1.00 bits per heavy atom. The van der Waals surface area contributed by atoms with Gasteiger partial charge in [-0.05, 0) is 6.07 Å². The summed E-state index contributed by atoms with van der Waals surface area (Å²) in [6.45, 7) is 0. The van der Waals surface area contributed by atoms with Gasteiger partial charge in [-0.25, -0.2) is 0 Å². The molecular formula is C17H16N2O3. The zero-order valence-electron chi connectivity index (χ0n) is 12.3. The standard InChI is InChI=1S/C17H16N2O3/c1-21-13-8-11-12(9-14(13)22-2)19-16(15(18)17(11)20)10-6-4-3-5-7-10/h3-9H,18H2,1-2H3,(H,19,20). The molecule has 0 fully saturated rings. The van der Waals surface area contributed by atoms with Gasteiger partial charge in [0.2, 0.25) is 5.43 Å². The van der Waals surface area contributed by atoms with Gasteiger partial charge in [-0.1, -0.05) is 30.3 Å². The van der Waals surface area contributed by atoms with E-state index in [4.69, 9.17) is 15.2 Å².